The Kier molecular flexibility index (Phi) is 5.30. The second kappa shape index (κ2) is 8.04. The third-order valence-corrected chi connectivity index (χ3v) is 7.03. The quantitative estimate of drug-likeness (QED) is 0.471. The standard InChI is InChI=1S/C26H29F2N3O2/c1-15-20-19(30-26(2,3)24(15)33-25(32)31-12-5-4-6-13-31)14-18(27)21(22(20)28)17-9-7-8-16-10-11-29-23(16)17/h7-11,14-15,24,29-30H,4-6,12-13H2,1-3H3/t15-,24?/m0/s1. The number of H-pyrrole nitrogens is 1. The van der Waals surface area contributed by atoms with E-state index >= 15 is 8.78 Å². The van der Waals surface area contributed by atoms with E-state index in [1.165, 1.54) is 6.07 Å². The van der Waals surface area contributed by atoms with Gasteiger partial charge in [0, 0.05) is 42.0 Å². The zero-order valence-corrected chi connectivity index (χ0v) is 19.2. The van der Waals surface area contributed by atoms with E-state index in [0.29, 0.717) is 35.4 Å². The Morgan fingerprint density at radius 1 is 1.15 bits per heavy atom. The summed E-state index contributed by atoms with van der Waals surface area (Å²) < 4.78 is 37.3. The first kappa shape index (κ1) is 21.7. The predicted octanol–water partition coefficient (Wildman–Crippen LogP) is 6.41. The van der Waals surface area contributed by atoms with Crippen molar-refractivity contribution in [2.24, 2.45) is 0 Å². The van der Waals surface area contributed by atoms with E-state index in [2.05, 4.69) is 10.3 Å². The van der Waals surface area contributed by atoms with Crippen molar-refractivity contribution in [1.29, 1.82) is 0 Å². The zero-order valence-electron chi connectivity index (χ0n) is 19.2. The van der Waals surface area contributed by atoms with Crippen molar-refractivity contribution in [3.05, 3.63) is 53.7 Å². The van der Waals surface area contributed by atoms with Gasteiger partial charge in [0.15, 0.2) is 0 Å². The lowest BCUT2D eigenvalue weighted by atomic mass is 9.77. The molecule has 1 amide bonds. The number of piperidine rings is 1. The van der Waals surface area contributed by atoms with Crippen LogP contribution in [0.25, 0.3) is 22.0 Å². The van der Waals surface area contributed by atoms with Crippen molar-refractivity contribution in [2.75, 3.05) is 18.4 Å². The van der Waals surface area contributed by atoms with Gasteiger partial charge >= 0.3 is 6.09 Å². The third kappa shape index (κ3) is 3.63. The fourth-order valence-electron chi connectivity index (χ4n) is 5.43. The number of nitrogens with zero attached hydrogens (tertiary/aromatic N) is 1. The van der Waals surface area contributed by atoms with E-state index in [0.717, 1.165) is 24.6 Å². The van der Waals surface area contributed by atoms with Crippen LogP contribution in [0.2, 0.25) is 0 Å². The van der Waals surface area contributed by atoms with Crippen LogP contribution in [0.5, 0.6) is 0 Å². The number of fused-ring (bicyclic) bond motifs is 2. The molecule has 1 saturated heterocycles. The minimum atomic E-state index is -0.697. The van der Waals surface area contributed by atoms with Crippen LogP contribution in [0.15, 0.2) is 36.5 Å². The molecule has 174 valence electrons. The summed E-state index contributed by atoms with van der Waals surface area (Å²) in [6, 6.07) is 8.63. The van der Waals surface area contributed by atoms with Gasteiger partial charge in [-0.05, 0) is 50.6 Å². The lowest BCUT2D eigenvalue weighted by Gasteiger charge is -2.45. The van der Waals surface area contributed by atoms with Gasteiger partial charge < -0.3 is 19.9 Å². The minimum Gasteiger partial charge on any atom is -0.443 e. The summed E-state index contributed by atoms with van der Waals surface area (Å²) in [5.41, 5.74) is 1.11. The van der Waals surface area contributed by atoms with E-state index in [4.69, 9.17) is 4.74 Å². The van der Waals surface area contributed by atoms with Crippen molar-refractivity contribution in [1.82, 2.24) is 9.88 Å². The Bertz CT molecular complexity index is 1210. The number of aromatic nitrogens is 1. The highest BCUT2D eigenvalue weighted by Crippen LogP contribution is 2.46. The first-order valence-corrected chi connectivity index (χ1v) is 11.6. The Balaban J connectivity index is 1.56. The molecule has 2 atom stereocenters. The molecule has 33 heavy (non-hydrogen) atoms. The monoisotopic (exact) mass is 453 g/mol. The topological polar surface area (TPSA) is 57.4 Å². The predicted molar refractivity (Wildman–Crippen MR) is 125 cm³/mol. The lowest BCUT2D eigenvalue weighted by Crippen LogP contribution is -2.53. The third-order valence-electron chi connectivity index (χ3n) is 7.03. The Morgan fingerprint density at radius 3 is 2.67 bits per heavy atom. The van der Waals surface area contributed by atoms with Gasteiger partial charge in [-0.1, -0.05) is 25.1 Å². The number of rotatable bonds is 2. The lowest BCUT2D eigenvalue weighted by molar-refractivity contribution is 0.0194. The molecule has 0 radical (unpaired) electrons. The number of amides is 1. The maximum absolute atomic E-state index is 16.1. The van der Waals surface area contributed by atoms with Gasteiger partial charge in [-0.3, -0.25) is 0 Å². The van der Waals surface area contributed by atoms with Gasteiger partial charge in [0.2, 0.25) is 0 Å². The first-order chi connectivity index (χ1) is 15.8. The summed E-state index contributed by atoms with van der Waals surface area (Å²) in [5, 5.41) is 4.11. The van der Waals surface area contributed by atoms with Crippen molar-refractivity contribution in [3.63, 3.8) is 0 Å². The summed E-state index contributed by atoms with van der Waals surface area (Å²) >= 11 is 0. The summed E-state index contributed by atoms with van der Waals surface area (Å²) in [5.74, 6) is -1.72. The van der Waals surface area contributed by atoms with E-state index in [-0.39, 0.29) is 11.7 Å². The number of carbonyl (C=O) groups excluding carboxylic acids is 1. The normalized spacial score (nSPS) is 22.0. The second-order valence-corrected chi connectivity index (χ2v) is 9.74. The van der Waals surface area contributed by atoms with Crippen LogP contribution in [-0.2, 0) is 4.74 Å². The fraction of sp³-hybridized carbons (Fsp3) is 0.423. The van der Waals surface area contributed by atoms with Crippen LogP contribution in [-0.4, -0.2) is 40.7 Å². The highest BCUT2D eigenvalue weighted by molar-refractivity contribution is 5.95. The van der Waals surface area contributed by atoms with E-state index in [1.807, 2.05) is 32.9 Å². The summed E-state index contributed by atoms with van der Waals surface area (Å²) in [7, 11) is 0. The number of nitrogens with one attached hydrogen (secondary N) is 2. The van der Waals surface area contributed by atoms with Crippen LogP contribution in [0.4, 0.5) is 19.3 Å². The number of aromatic amines is 1. The summed E-state index contributed by atoms with van der Waals surface area (Å²) in [4.78, 5) is 17.7. The molecule has 3 aromatic rings. The molecular formula is C26H29F2N3O2. The minimum absolute atomic E-state index is 0.0729. The summed E-state index contributed by atoms with van der Waals surface area (Å²) in [6.07, 6.45) is 3.79. The maximum Gasteiger partial charge on any atom is 0.410 e. The number of para-hydroxylation sites is 1. The highest BCUT2D eigenvalue weighted by atomic mass is 19.1. The number of carbonyl (C=O) groups is 1. The van der Waals surface area contributed by atoms with Gasteiger partial charge in [0.25, 0.3) is 0 Å². The Morgan fingerprint density at radius 2 is 1.91 bits per heavy atom. The number of hydrogen-bond donors (Lipinski definition) is 2. The van der Waals surface area contributed by atoms with E-state index in [1.54, 1.807) is 23.2 Å². The SMILES string of the molecule is C[C@H]1c2c(cc(F)c(-c3cccc4cc[nH]c34)c2F)NC(C)(C)C1OC(=O)N1CCCCC1. The van der Waals surface area contributed by atoms with Crippen LogP contribution >= 0.6 is 0 Å². The van der Waals surface area contributed by atoms with Crippen LogP contribution < -0.4 is 5.32 Å². The molecule has 2 aliphatic rings. The van der Waals surface area contributed by atoms with Crippen LogP contribution in [0.1, 0.15) is 51.5 Å². The highest BCUT2D eigenvalue weighted by Gasteiger charge is 2.45. The van der Waals surface area contributed by atoms with E-state index < -0.39 is 29.2 Å². The molecule has 5 rings (SSSR count). The maximum atomic E-state index is 16.1. The smallest absolute Gasteiger partial charge is 0.410 e. The van der Waals surface area contributed by atoms with Crippen molar-refractivity contribution >= 4 is 22.7 Å². The molecule has 2 N–H and O–H groups in total. The molecule has 0 spiro atoms. The molecule has 1 unspecified atom stereocenters. The average molecular weight is 454 g/mol. The van der Waals surface area contributed by atoms with Crippen molar-refractivity contribution in [2.45, 2.75) is 57.6 Å². The Labute approximate surface area is 192 Å². The zero-order chi connectivity index (χ0) is 23.3. The molecule has 2 aliphatic heterocycles. The number of halogens is 2. The van der Waals surface area contributed by atoms with Gasteiger partial charge in [-0.2, -0.15) is 0 Å². The molecule has 0 aliphatic carbocycles. The number of hydrogen-bond acceptors (Lipinski definition) is 3. The van der Waals surface area contributed by atoms with Crippen molar-refractivity contribution in [3.8, 4) is 11.1 Å². The molecule has 2 aromatic carbocycles. The number of anilines is 1. The van der Waals surface area contributed by atoms with Crippen LogP contribution in [0.3, 0.4) is 0 Å². The molecule has 0 bridgehead atoms. The number of benzene rings is 2. The number of likely N-dealkylation sites (tertiary alicyclic amines) is 1. The number of ether oxygens (including phenoxy) is 1. The molecule has 1 aromatic heterocycles. The largest absolute Gasteiger partial charge is 0.443 e. The molecule has 1 fully saturated rings. The van der Waals surface area contributed by atoms with Gasteiger partial charge in [0.05, 0.1) is 16.6 Å². The second-order valence-electron chi connectivity index (χ2n) is 9.74. The molecule has 7 heteroatoms. The van der Waals surface area contributed by atoms with E-state index in [9.17, 15) is 4.79 Å². The average Bonchev–Trinajstić information content (AvgIpc) is 3.26. The molecular weight excluding hydrogens is 424 g/mol. The Hall–Kier alpha value is -3.09. The van der Waals surface area contributed by atoms with Gasteiger partial charge in [-0.15, -0.1) is 0 Å². The van der Waals surface area contributed by atoms with Gasteiger partial charge in [0.1, 0.15) is 17.7 Å². The van der Waals surface area contributed by atoms with Gasteiger partial charge in [-0.25, -0.2) is 13.6 Å². The van der Waals surface area contributed by atoms with Crippen molar-refractivity contribution < 1.29 is 18.3 Å². The molecule has 5 nitrogen and oxygen atoms in total. The fourth-order valence-corrected chi connectivity index (χ4v) is 5.43. The molecule has 0 saturated carbocycles. The first-order valence-electron chi connectivity index (χ1n) is 11.6. The summed E-state index contributed by atoms with van der Waals surface area (Å²) in [6.45, 7) is 6.98. The van der Waals surface area contributed by atoms with Crippen LogP contribution in [0, 0.1) is 11.6 Å². The molecule has 3 heterocycles.